The normalized spacial score (nSPS) is 14.8. The Kier molecular flexibility index (Phi) is 5.06. The molecule has 3 nitrogen and oxygen atoms in total. The second kappa shape index (κ2) is 7.40. The van der Waals surface area contributed by atoms with E-state index in [0.717, 1.165) is 12.0 Å². The van der Waals surface area contributed by atoms with Gasteiger partial charge >= 0.3 is 0 Å². The first-order chi connectivity index (χ1) is 11.2. The van der Waals surface area contributed by atoms with Gasteiger partial charge in [0.15, 0.2) is 0 Å². The van der Waals surface area contributed by atoms with Gasteiger partial charge in [-0.1, -0.05) is 24.3 Å². The third-order valence-electron chi connectivity index (χ3n) is 4.61. The smallest absolute Gasteiger partial charge is 0.220 e. The lowest BCUT2D eigenvalue weighted by molar-refractivity contribution is -0.121. The summed E-state index contributed by atoms with van der Waals surface area (Å²) in [5.74, 6) is 0.0964. The van der Waals surface area contributed by atoms with Gasteiger partial charge in [0.25, 0.3) is 0 Å². The molecule has 1 aromatic heterocycles. The Balaban J connectivity index is 1.56. The lowest BCUT2D eigenvalue weighted by Gasteiger charge is -2.20. The van der Waals surface area contributed by atoms with Crippen LogP contribution in [0.2, 0.25) is 0 Å². The summed E-state index contributed by atoms with van der Waals surface area (Å²) in [6, 6.07) is 10.7. The highest BCUT2D eigenvalue weighted by Crippen LogP contribution is 2.24. The Morgan fingerprint density at radius 2 is 2.04 bits per heavy atom. The van der Waals surface area contributed by atoms with Crippen LogP contribution in [0.3, 0.4) is 0 Å². The second-order valence-electron chi connectivity index (χ2n) is 6.39. The van der Waals surface area contributed by atoms with Crippen molar-refractivity contribution in [3.63, 3.8) is 0 Å². The SMILES string of the molecule is C[C@@H](NC(=O)CCc1cccnc1)c1ccc2c(c1)CCCC2. The van der Waals surface area contributed by atoms with Crippen LogP contribution in [0.15, 0.2) is 42.7 Å². The van der Waals surface area contributed by atoms with E-state index in [9.17, 15) is 4.79 Å². The third-order valence-corrected chi connectivity index (χ3v) is 4.61. The molecule has 3 rings (SSSR count). The molecule has 2 aromatic rings. The number of nitrogens with zero attached hydrogens (tertiary/aromatic N) is 1. The van der Waals surface area contributed by atoms with Crippen LogP contribution < -0.4 is 5.32 Å². The highest BCUT2D eigenvalue weighted by molar-refractivity contribution is 5.76. The van der Waals surface area contributed by atoms with Crippen LogP contribution in [0, 0.1) is 0 Å². The van der Waals surface area contributed by atoms with Gasteiger partial charge in [0.2, 0.25) is 5.91 Å². The fourth-order valence-electron chi connectivity index (χ4n) is 3.22. The fourth-order valence-corrected chi connectivity index (χ4v) is 3.22. The molecule has 1 atom stereocenters. The lowest BCUT2D eigenvalue weighted by Crippen LogP contribution is -2.27. The maximum Gasteiger partial charge on any atom is 0.220 e. The molecule has 1 aliphatic rings. The van der Waals surface area contributed by atoms with Crippen LogP contribution in [0.25, 0.3) is 0 Å². The second-order valence-corrected chi connectivity index (χ2v) is 6.39. The number of aromatic nitrogens is 1. The minimum absolute atomic E-state index is 0.0589. The number of fused-ring (bicyclic) bond motifs is 1. The van der Waals surface area contributed by atoms with Crippen LogP contribution in [0.5, 0.6) is 0 Å². The van der Waals surface area contributed by atoms with Gasteiger partial charge in [0.05, 0.1) is 6.04 Å². The minimum Gasteiger partial charge on any atom is -0.350 e. The van der Waals surface area contributed by atoms with Crippen molar-refractivity contribution >= 4 is 5.91 Å². The molecule has 1 heterocycles. The first-order valence-electron chi connectivity index (χ1n) is 8.52. The van der Waals surface area contributed by atoms with E-state index >= 15 is 0 Å². The predicted molar refractivity (Wildman–Crippen MR) is 92.2 cm³/mol. The van der Waals surface area contributed by atoms with E-state index in [1.54, 1.807) is 6.20 Å². The standard InChI is InChI=1S/C20H24N2O/c1-15(18-10-9-17-6-2-3-7-19(17)13-18)22-20(23)11-8-16-5-4-12-21-14-16/h4-5,9-10,12-15H,2-3,6-8,11H2,1H3,(H,22,23)/t15-/m1/s1. The zero-order chi connectivity index (χ0) is 16.1. The predicted octanol–water partition coefficient (Wildman–Crippen LogP) is 3.77. The van der Waals surface area contributed by atoms with Gasteiger partial charge in [-0.3, -0.25) is 9.78 Å². The lowest BCUT2D eigenvalue weighted by atomic mass is 9.89. The summed E-state index contributed by atoms with van der Waals surface area (Å²) >= 11 is 0. The minimum atomic E-state index is 0.0589. The summed E-state index contributed by atoms with van der Waals surface area (Å²) in [5.41, 5.74) is 5.25. The molecule has 120 valence electrons. The topological polar surface area (TPSA) is 42.0 Å². The van der Waals surface area contributed by atoms with E-state index in [0.29, 0.717) is 6.42 Å². The molecule has 0 spiro atoms. The van der Waals surface area contributed by atoms with Gasteiger partial charge in [-0.2, -0.15) is 0 Å². The molecule has 0 aliphatic heterocycles. The van der Waals surface area contributed by atoms with E-state index in [-0.39, 0.29) is 11.9 Å². The summed E-state index contributed by atoms with van der Waals surface area (Å²) in [6.45, 7) is 2.06. The average Bonchev–Trinajstić information content (AvgIpc) is 2.60. The first-order valence-corrected chi connectivity index (χ1v) is 8.52. The molecule has 0 radical (unpaired) electrons. The highest BCUT2D eigenvalue weighted by atomic mass is 16.1. The Hall–Kier alpha value is -2.16. The fraction of sp³-hybridized carbons (Fsp3) is 0.400. The van der Waals surface area contributed by atoms with E-state index < -0.39 is 0 Å². The quantitative estimate of drug-likeness (QED) is 0.913. The maximum atomic E-state index is 12.2. The van der Waals surface area contributed by atoms with Crippen molar-refractivity contribution in [3.05, 3.63) is 65.0 Å². The Morgan fingerprint density at radius 1 is 1.22 bits per heavy atom. The van der Waals surface area contributed by atoms with E-state index in [4.69, 9.17) is 0 Å². The van der Waals surface area contributed by atoms with Crippen LogP contribution in [-0.2, 0) is 24.1 Å². The summed E-state index contributed by atoms with van der Waals surface area (Å²) in [7, 11) is 0. The molecule has 1 N–H and O–H groups in total. The number of rotatable bonds is 5. The largest absolute Gasteiger partial charge is 0.350 e. The van der Waals surface area contributed by atoms with Crippen molar-refractivity contribution in [2.45, 2.75) is 51.5 Å². The van der Waals surface area contributed by atoms with Gasteiger partial charge in [-0.15, -0.1) is 0 Å². The molecular formula is C20H24N2O. The number of carbonyl (C=O) groups excluding carboxylic acids is 1. The van der Waals surface area contributed by atoms with E-state index in [1.807, 2.05) is 18.3 Å². The number of amides is 1. The van der Waals surface area contributed by atoms with Crippen LogP contribution in [0.4, 0.5) is 0 Å². The van der Waals surface area contributed by atoms with Gasteiger partial charge < -0.3 is 5.32 Å². The van der Waals surface area contributed by atoms with Crippen molar-refractivity contribution in [1.82, 2.24) is 10.3 Å². The monoisotopic (exact) mass is 308 g/mol. The third kappa shape index (κ3) is 4.19. The van der Waals surface area contributed by atoms with Gasteiger partial charge in [0.1, 0.15) is 0 Å². The Morgan fingerprint density at radius 3 is 2.83 bits per heavy atom. The average molecular weight is 308 g/mol. The molecular weight excluding hydrogens is 284 g/mol. The maximum absolute atomic E-state index is 12.2. The number of hydrogen-bond donors (Lipinski definition) is 1. The van der Waals surface area contributed by atoms with Crippen LogP contribution in [-0.4, -0.2) is 10.9 Å². The van der Waals surface area contributed by atoms with Gasteiger partial charge in [-0.05, 0) is 67.3 Å². The molecule has 1 amide bonds. The molecule has 0 unspecified atom stereocenters. The molecule has 0 bridgehead atoms. The van der Waals surface area contributed by atoms with Crippen molar-refractivity contribution in [3.8, 4) is 0 Å². The number of pyridine rings is 1. The van der Waals surface area contributed by atoms with Crippen LogP contribution in [0.1, 0.15) is 54.5 Å². The van der Waals surface area contributed by atoms with E-state index in [2.05, 4.69) is 35.4 Å². The summed E-state index contributed by atoms with van der Waals surface area (Å²) in [5, 5.41) is 3.11. The molecule has 0 saturated carbocycles. The number of benzene rings is 1. The number of carbonyl (C=O) groups is 1. The first kappa shape index (κ1) is 15.7. The van der Waals surface area contributed by atoms with Gasteiger partial charge in [0, 0.05) is 18.8 Å². The molecule has 23 heavy (non-hydrogen) atoms. The molecule has 0 fully saturated rings. The Labute approximate surface area is 138 Å². The van der Waals surface area contributed by atoms with Crippen molar-refractivity contribution in [2.75, 3.05) is 0 Å². The van der Waals surface area contributed by atoms with Crippen molar-refractivity contribution in [2.24, 2.45) is 0 Å². The number of aryl methyl sites for hydroxylation is 3. The van der Waals surface area contributed by atoms with Crippen molar-refractivity contribution in [1.29, 1.82) is 0 Å². The molecule has 0 saturated heterocycles. The van der Waals surface area contributed by atoms with Crippen molar-refractivity contribution < 1.29 is 4.79 Å². The van der Waals surface area contributed by atoms with Crippen LogP contribution >= 0.6 is 0 Å². The highest BCUT2D eigenvalue weighted by Gasteiger charge is 2.14. The number of nitrogens with one attached hydrogen (secondary N) is 1. The zero-order valence-corrected chi connectivity index (χ0v) is 13.7. The van der Waals surface area contributed by atoms with E-state index in [1.165, 1.54) is 42.4 Å². The Bertz CT molecular complexity index is 667. The van der Waals surface area contributed by atoms with Gasteiger partial charge in [-0.25, -0.2) is 0 Å². The summed E-state index contributed by atoms with van der Waals surface area (Å²) < 4.78 is 0. The summed E-state index contributed by atoms with van der Waals surface area (Å²) in [4.78, 5) is 16.2. The molecule has 3 heteroatoms. The zero-order valence-electron chi connectivity index (χ0n) is 13.7. The number of hydrogen-bond acceptors (Lipinski definition) is 2. The molecule has 1 aromatic carbocycles. The molecule has 1 aliphatic carbocycles. The summed E-state index contributed by atoms with van der Waals surface area (Å²) in [6.07, 6.45) is 9.75.